The molecule has 0 fully saturated rings. The second-order valence-electron chi connectivity index (χ2n) is 2.79. The topological polar surface area (TPSA) is 12.0 Å². The predicted octanol–water partition coefficient (Wildman–Crippen LogP) is 2.55. The quantitative estimate of drug-likeness (QED) is 0.724. The molecule has 2 heterocycles. The summed E-state index contributed by atoms with van der Waals surface area (Å²) < 4.78 is 1.33. The molecule has 1 aliphatic rings. The van der Waals surface area contributed by atoms with Gasteiger partial charge in [0, 0.05) is 6.54 Å². The van der Waals surface area contributed by atoms with Crippen LogP contribution < -0.4 is 5.32 Å². The lowest BCUT2D eigenvalue weighted by Crippen LogP contribution is -2.11. The molecule has 0 spiro atoms. The lowest BCUT2D eigenvalue weighted by Gasteiger charge is -1.96. The van der Waals surface area contributed by atoms with Crippen molar-refractivity contribution in [2.24, 2.45) is 0 Å². The van der Waals surface area contributed by atoms with Crippen molar-refractivity contribution >= 4 is 27.3 Å². The molecule has 0 saturated carbocycles. The first-order chi connectivity index (χ1) is 5.38. The van der Waals surface area contributed by atoms with Crippen LogP contribution in [-0.2, 0) is 13.0 Å². The number of halogens is 1. The number of thiophene rings is 1. The molecular formula is C8H10BrNS. The van der Waals surface area contributed by atoms with Gasteiger partial charge in [0.25, 0.3) is 0 Å². The van der Waals surface area contributed by atoms with Crippen molar-refractivity contribution in [3.05, 3.63) is 20.3 Å². The molecule has 0 atom stereocenters. The maximum absolute atomic E-state index is 3.58. The standard InChI is InChI=1S/C8H10BrNS/c9-8-7-2-1-3-10-4-6(7)5-11-8/h5,10H,1-4H2. The molecule has 0 aliphatic carbocycles. The van der Waals surface area contributed by atoms with E-state index in [1.165, 1.54) is 27.8 Å². The normalized spacial score (nSPS) is 17.5. The molecule has 3 heteroatoms. The highest BCUT2D eigenvalue weighted by Gasteiger charge is 2.11. The van der Waals surface area contributed by atoms with Crippen LogP contribution in [0.2, 0.25) is 0 Å². The van der Waals surface area contributed by atoms with Gasteiger partial charge in [-0.3, -0.25) is 0 Å². The van der Waals surface area contributed by atoms with E-state index in [0.29, 0.717) is 0 Å². The summed E-state index contributed by atoms with van der Waals surface area (Å²) in [6.45, 7) is 2.21. The van der Waals surface area contributed by atoms with Crippen LogP contribution in [0.25, 0.3) is 0 Å². The van der Waals surface area contributed by atoms with E-state index >= 15 is 0 Å². The molecular weight excluding hydrogens is 222 g/mol. The summed E-state index contributed by atoms with van der Waals surface area (Å²) >= 11 is 5.38. The lowest BCUT2D eigenvalue weighted by atomic mass is 10.1. The van der Waals surface area contributed by atoms with E-state index in [2.05, 4.69) is 26.6 Å². The summed E-state index contributed by atoms with van der Waals surface area (Å²) in [6, 6.07) is 0. The Morgan fingerprint density at radius 1 is 1.55 bits per heavy atom. The summed E-state index contributed by atoms with van der Waals surface area (Å²) in [5.41, 5.74) is 3.01. The van der Waals surface area contributed by atoms with Crippen molar-refractivity contribution in [2.45, 2.75) is 19.4 Å². The zero-order chi connectivity index (χ0) is 7.68. The third-order valence-electron chi connectivity index (χ3n) is 2.03. The van der Waals surface area contributed by atoms with Crippen molar-refractivity contribution in [3.63, 3.8) is 0 Å². The number of rotatable bonds is 0. The molecule has 1 N–H and O–H groups in total. The third-order valence-corrected chi connectivity index (χ3v) is 3.92. The average molecular weight is 232 g/mol. The summed E-state index contributed by atoms with van der Waals surface area (Å²) in [5.74, 6) is 0. The second kappa shape index (κ2) is 3.25. The molecule has 1 aromatic rings. The zero-order valence-electron chi connectivity index (χ0n) is 6.19. The predicted molar refractivity (Wildman–Crippen MR) is 52.0 cm³/mol. The molecule has 0 unspecified atom stereocenters. The molecule has 0 saturated heterocycles. The average Bonchev–Trinajstić information content (AvgIpc) is 2.25. The minimum Gasteiger partial charge on any atom is -0.313 e. The first-order valence-electron chi connectivity index (χ1n) is 3.83. The van der Waals surface area contributed by atoms with E-state index in [9.17, 15) is 0 Å². The Morgan fingerprint density at radius 2 is 2.45 bits per heavy atom. The Kier molecular flexibility index (Phi) is 2.30. The van der Waals surface area contributed by atoms with Crippen LogP contribution in [0, 0.1) is 0 Å². The van der Waals surface area contributed by atoms with Crippen LogP contribution in [0.3, 0.4) is 0 Å². The van der Waals surface area contributed by atoms with Gasteiger partial charge in [0.15, 0.2) is 0 Å². The van der Waals surface area contributed by atoms with E-state index in [-0.39, 0.29) is 0 Å². The van der Waals surface area contributed by atoms with Crippen LogP contribution in [0.1, 0.15) is 17.5 Å². The highest BCUT2D eigenvalue weighted by Crippen LogP contribution is 2.30. The van der Waals surface area contributed by atoms with Crippen molar-refractivity contribution < 1.29 is 0 Å². The van der Waals surface area contributed by atoms with Crippen LogP contribution in [-0.4, -0.2) is 6.54 Å². The number of hydrogen-bond acceptors (Lipinski definition) is 2. The monoisotopic (exact) mass is 231 g/mol. The van der Waals surface area contributed by atoms with Gasteiger partial charge in [0.1, 0.15) is 0 Å². The summed E-state index contributed by atoms with van der Waals surface area (Å²) in [5, 5.41) is 5.65. The minimum atomic E-state index is 1.05. The first kappa shape index (κ1) is 7.77. The van der Waals surface area contributed by atoms with Gasteiger partial charge in [-0.25, -0.2) is 0 Å². The van der Waals surface area contributed by atoms with Gasteiger partial charge >= 0.3 is 0 Å². The van der Waals surface area contributed by atoms with E-state index in [0.717, 1.165) is 13.1 Å². The van der Waals surface area contributed by atoms with E-state index < -0.39 is 0 Å². The van der Waals surface area contributed by atoms with E-state index in [1.807, 2.05) is 0 Å². The van der Waals surface area contributed by atoms with Crippen molar-refractivity contribution in [1.29, 1.82) is 0 Å². The van der Waals surface area contributed by atoms with Gasteiger partial charge in [-0.2, -0.15) is 0 Å². The Morgan fingerprint density at radius 3 is 3.36 bits per heavy atom. The fraction of sp³-hybridized carbons (Fsp3) is 0.500. The molecule has 0 aromatic carbocycles. The summed E-state index contributed by atoms with van der Waals surface area (Å²) in [6.07, 6.45) is 2.49. The van der Waals surface area contributed by atoms with Gasteiger partial charge in [-0.05, 0) is 51.8 Å². The van der Waals surface area contributed by atoms with Gasteiger partial charge in [0.2, 0.25) is 0 Å². The van der Waals surface area contributed by atoms with Gasteiger partial charge in [-0.15, -0.1) is 11.3 Å². The van der Waals surface area contributed by atoms with Gasteiger partial charge in [0.05, 0.1) is 3.79 Å². The zero-order valence-corrected chi connectivity index (χ0v) is 8.59. The van der Waals surface area contributed by atoms with Crippen LogP contribution >= 0.6 is 27.3 Å². The fourth-order valence-corrected chi connectivity index (χ4v) is 2.99. The van der Waals surface area contributed by atoms with E-state index in [1.54, 1.807) is 11.3 Å². The summed E-state index contributed by atoms with van der Waals surface area (Å²) in [4.78, 5) is 0. The van der Waals surface area contributed by atoms with Crippen LogP contribution in [0.15, 0.2) is 9.17 Å². The Balaban J connectivity index is 2.35. The molecule has 1 aromatic heterocycles. The number of fused-ring (bicyclic) bond motifs is 1. The highest BCUT2D eigenvalue weighted by atomic mass is 79.9. The molecule has 11 heavy (non-hydrogen) atoms. The number of hydrogen-bond donors (Lipinski definition) is 1. The summed E-state index contributed by atoms with van der Waals surface area (Å²) in [7, 11) is 0. The van der Waals surface area contributed by atoms with E-state index in [4.69, 9.17) is 0 Å². The molecule has 1 nitrogen and oxygen atoms in total. The second-order valence-corrected chi connectivity index (χ2v) is 4.99. The van der Waals surface area contributed by atoms with Crippen molar-refractivity contribution in [2.75, 3.05) is 6.54 Å². The SMILES string of the molecule is Brc1scc2c1CCCNC2. The van der Waals surface area contributed by atoms with Crippen LogP contribution in [0.5, 0.6) is 0 Å². The molecule has 0 radical (unpaired) electrons. The van der Waals surface area contributed by atoms with Crippen molar-refractivity contribution in [1.82, 2.24) is 5.32 Å². The molecule has 0 amide bonds. The van der Waals surface area contributed by atoms with Crippen LogP contribution in [0.4, 0.5) is 0 Å². The molecule has 1 aliphatic heterocycles. The maximum atomic E-state index is 3.58. The maximum Gasteiger partial charge on any atom is 0.0733 e. The first-order valence-corrected chi connectivity index (χ1v) is 5.50. The molecule has 2 rings (SSSR count). The lowest BCUT2D eigenvalue weighted by molar-refractivity contribution is 0.681. The fourth-order valence-electron chi connectivity index (χ4n) is 1.41. The number of nitrogens with one attached hydrogen (secondary N) is 1. The van der Waals surface area contributed by atoms with Crippen molar-refractivity contribution in [3.8, 4) is 0 Å². The minimum absolute atomic E-state index is 1.05. The van der Waals surface area contributed by atoms with Gasteiger partial charge < -0.3 is 5.32 Å². The molecule has 0 bridgehead atoms. The highest BCUT2D eigenvalue weighted by molar-refractivity contribution is 9.11. The smallest absolute Gasteiger partial charge is 0.0733 e. The van der Waals surface area contributed by atoms with Gasteiger partial charge in [-0.1, -0.05) is 0 Å². The Labute approximate surface area is 78.9 Å². The third kappa shape index (κ3) is 1.50. The largest absolute Gasteiger partial charge is 0.313 e. The Bertz CT molecular complexity index is 257. The molecule has 60 valence electrons. The Hall–Kier alpha value is 0.140.